The molecule has 0 fully saturated rings. The number of rotatable bonds is 7. The third-order valence-electron chi connectivity index (χ3n) is 3.91. The number of benzene rings is 1. The summed E-state index contributed by atoms with van der Waals surface area (Å²) in [6.45, 7) is 3.64. The molecule has 1 aromatic carbocycles. The number of allylic oxidation sites excluding steroid dienone is 3. The Labute approximate surface area is 181 Å². The molecule has 0 aromatic heterocycles. The summed E-state index contributed by atoms with van der Waals surface area (Å²) in [6, 6.07) is 7.86. The minimum absolute atomic E-state index is 0.0160. The van der Waals surface area contributed by atoms with Gasteiger partial charge in [-0.1, -0.05) is 94.4 Å². The van der Waals surface area contributed by atoms with Crippen molar-refractivity contribution in [3.8, 4) is 0 Å². The van der Waals surface area contributed by atoms with Crippen LogP contribution in [-0.2, 0) is 19.3 Å². The molecular weight excluding hydrogens is 457 g/mol. The number of aliphatic carboxylic acids is 1. The van der Waals surface area contributed by atoms with Crippen LogP contribution in [0, 0.1) is 0 Å². The first-order valence-corrected chi connectivity index (χ1v) is 9.47. The lowest BCUT2D eigenvalue weighted by Crippen LogP contribution is -2.51. The minimum Gasteiger partial charge on any atom is -0.478 e. The van der Waals surface area contributed by atoms with Gasteiger partial charge in [0.2, 0.25) is 5.06 Å². The molecule has 0 radical (unpaired) electrons. The predicted molar refractivity (Wildman–Crippen MR) is 108 cm³/mol. The molecule has 0 saturated heterocycles. The van der Waals surface area contributed by atoms with Crippen LogP contribution in [0.3, 0.4) is 0 Å². The Morgan fingerprint density at radius 1 is 1.33 bits per heavy atom. The quantitative estimate of drug-likeness (QED) is 0.396. The summed E-state index contributed by atoms with van der Waals surface area (Å²) in [6.07, 6.45) is 0.711. The maximum Gasteiger partial charge on any atom is 0.356 e. The van der Waals surface area contributed by atoms with Crippen molar-refractivity contribution in [2.45, 2.75) is 22.6 Å². The third-order valence-corrected chi connectivity index (χ3v) is 6.33. The van der Waals surface area contributed by atoms with Crippen molar-refractivity contribution in [1.82, 2.24) is 0 Å². The Hall–Kier alpha value is -0.720. The molecule has 0 saturated carbocycles. The van der Waals surface area contributed by atoms with Crippen LogP contribution in [-0.4, -0.2) is 29.3 Å². The monoisotopic (exact) mass is 470 g/mol. The van der Waals surface area contributed by atoms with Gasteiger partial charge in [0.1, 0.15) is 6.10 Å². The standard InChI is InChI=1S/C18H15Cl5O4/c1-3-7-11-12(19)14(21)18(23,15(26-2)13(11)20)27-17(22,16(24)25)10-8-5-4-6-9-10/h3-6,8-9,15H,1,7H2,2H3,(H,24,25). The summed E-state index contributed by atoms with van der Waals surface area (Å²) in [7, 11) is 1.32. The number of methoxy groups -OCH3 is 1. The number of alkyl halides is 2. The van der Waals surface area contributed by atoms with Crippen molar-refractivity contribution in [2.24, 2.45) is 0 Å². The molecule has 0 heterocycles. The van der Waals surface area contributed by atoms with Gasteiger partial charge in [-0.3, -0.25) is 0 Å². The number of halogens is 5. The first-order valence-electron chi connectivity index (χ1n) is 7.58. The first kappa shape index (κ1) is 22.6. The zero-order valence-electron chi connectivity index (χ0n) is 14.0. The van der Waals surface area contributed by atoms with Crippen LogP contribution in [0.1, 0.15) is 12.0 Å². The summed E-state index contributed by atoms with van der Waals surface area (Å²) in [5.74, 6) is -1.50. The Balaban J connectivity index is 2.61. The van der Waals surface area contributed by atoms with Crippen LogP contribution in [0.5, 0.6) is 0 Å². The van der Waals surface area contributed by atoms with Crippen molar-refractivity contribution in [1.29, 1.82) is 0 Å². The van der Waals surface area contributed by atoms with Gasteiger partial charge in [-0.15, -0.1) is 6.58 Å². The lowest BCUT2D eigenvalue weighted by molar-refractivity contribution is -0.169. The van der Waals surface area contributed by atoms with E-state index in [1.165, 1.54) is 19.2 Å². The van der Waals surface area contributed by atoms with E-state index in [9.17, 15) is 9.90 Å². The highest BCUT2D eigenvalue weighted by Crippen LogP contribution is 2.52. The number of carbonyl (C=O) groups is 1. The highest BCUT2D eigenvalue weighted by atomic mass is 35.5. The van der Waals surface area contributed by atoms with Crippen molar-refractivity contribution < 1.29 is 19.4 Å². The van der Waals surface area contributed by atoms with Gasteiger partial charge in [0, 0.05) is 12.7 Å². The fraction of sp³-hybridized carbons (Fsp3) is 0.278. The molecule has 1 aliphatic carbocycles. The van der Waals surface area contributed by atoms with Crippen molar-refractivity contribution in [2.75, 3.05) is 7.11 Å². The van der Waals surface area contributed by atoms with Gasteiger partial charge in [0.25, 0.3) is 5.06 Å². The zero-order valence-corrected chi connectivity index (χ0v) is 17.8. The number of carboxylic acids is 1. The maximum absolute atomic E-state index is 12.0. The van der Waals surface area contributed by atoms with E-state index in [1.54, 1.807) is 24.3 Å². The average molecular weight is 473 g/mol. The molecular formula is C18H15Cl5O4. The number of ether oxygens (including phenoxy) is 2. The van der Waals surface area contributed by atoms with Crippen LogP contribution >= 0.6 is 58.0 Å². The number of hydrogen-bond acceptors (Lipinski definition) is 3. The smallest absolute Gasteiger partial charge is 0.356 e. The van der Waals surface area contributed by atoms with E-state index in [4.69, 9.17) is 67.5 Å². The van der Waals surface area contributed by atoms with E-state index in [-0.39, 0.29) is 20.7 Å². The summed E-state index contributed by atoms with van der Waals surface area (Å²) in [5, 5.41) is 5.22. The van der Waals surface area contributed by atoms with Crippen LogP contribution in [0.15, 0.2) is 63.7 Å². The van der Waals surface area contributed by atoms with Crippen LogP contribution < -0.4 is 0 Å². The van der Waals surface area contributed by atoms with Gasteiger partial charge in [-0.05, 0) is 12.0 Å². The van der Waals surface area contributed by atoms with E-state index in [2.05, 4.69) is 6.58 Å². The van der Waals surface area contributed by atoms with Crippen molar-refractivity contribution in [3.63, 3.8) is 0 Å². The van der Waals surface area contributed by atoms with Gasteiger partial charge >= 0.3 is 5.97 Å². The van der Waals surface area contributed by atoms with Crippen LogP contribution in [0.25, 0.3) is 0 Å². The van der Waals surface area contributed by atoms with Gasteiger partial charge < -0.3 is 14.6 Å². The average Bonchev–Trinajstić information content (AvgIpc) is 2.64. The molecule has 9 heteroatoms. The summed E-state index contributed by atoms with van der Waals surface area (Å²) >= 11 is 32.0. The summed E-state index contributed by atoms with van der Waals surface area (Å²) in [5.41, 5.74) is 0.576. The second-order valence-electron chi connectivity index (χ2n) is 5.58. The Morgan fingerprint density at radius 2 is 1.93 bits per heavy atom. The third kappa shape index (κ3) is 4.03. The summed E-state index contributed by atoms with van der Waals surface area (Å²) in [4.78, 5) is 12.0. The lowest BCUT2D eigenvalue weighted by Gasteiger charge is -2.41. The molecule has 0 amide bonds. The Bertz CT molecular complexity index is 807. The molecule has 1 N–H and O–H groups in total. The van der Waals surface area contributed by atoms with Gasteiger partial charge in [-0.2, -0.15) is 0 Å². The van der Waals surface area contributed by atoms with Crippen LogP contribution in [0.2, 0.25) is 0 Å². The highest BCUT2D eigenvalue weighted by Gasteiger charge is 2.56. The maximum atomic E-state index is 12.0. The van der Waals surface area contributed by atoms with Gasteiger partial charge in [-0.25, -0.2) is 4.79 Å². The fourth-order valence-corrected chi connectivity index (χ4v) is 4.42. The first-order chi connectivity index (χ1) is 12.6. The van der Waals surface area contributed by atoms with E-state index >= 15 is 0 Å². The molecule has 1 aromatic rings. The molecule has 146 valence electrons. The molecule has 0 aliphatic heterocycles. The van der Waals surface area contributed by atoms with Crippen molar-refractivity contribution >= 4 is 64.0 Å². The van der Waals surface area contributed by atoms with Gasteiger partial charge in [0.05, 0.1) is 15.1 Å². The molecule has 0 spiro atoms. The SMILES string of the molecule is C=CCC1=C(Cl)C(OC)C(Cl)(OC(Cl)(C(=O)O)c2ccccc2)C(Cl)=C1Cl. The normalized spacial score (nSPS) is 25.3. The highest BCUT2D eigenvalue weighted by molar-refractivity contribution is 6.48. The van der Waals surface area contributed by atoms with Crippen LogP contribution in [0.4, 0.5) is 0 Å². The van der Waals surface area contributed by atoms with E-state index in [0.29, 0.717) is 12.0 Å². The number of hydrogen-bond donors (Lipinski definition) is 1. The molecule has 0 bridgehead atoms. The second-order valence-corrected chi connectivity index (χ2v) is 7.83. The molecule has 2 rings (SSSR count). The largest absolute Gasteiger partial charge is 0.478 e. The zero-order chi connectivity index (χ0) is 20.4. The topological polar surface area (TPSA) is 55.8 Å². The summed E-state index contributed by atoms with van der Waals surface area (Å²) < 4.78 is 11.1. The lowest BCUT2D eigenvalue weighted by atomic mass is 9.97. The minimum atomic E-state index is -2.37. The van der Waals surface area contributed by atoms with Crippen molar-refractivity contribution in [3.05, 3.63) is 69.2 Å². The molecule has 4 nitrogen and oxygen atoms in total. The number of carboxylic acid groups (broad SMARTS) is 1. The molecule has 3 unspecified atom stereocenters. The van der Waals surface area contributed by atoms with E-state index in [0.717, 1.165) is 0 Å². The molecule has 3 atom stereocenters. The fourth-order valence-electron chi connectivity index (χ4n) is 2.59. The van der Waals surface area contributed by atoms with E-state index in [1.807, 2.05) is 0 Å². The van der Waals surface area contributed by atoms with Gasteiger partial charge in [0.15, 0.2) is 0 Å². The molecule has 27 heavy (non-hydrogen) atoms. The Kier molecular flexibility index (Phi) is 7.31. The Morgan fingerprint density at radius 3 is 2.41 bits per heavy atom. The molecule has 1 aliphatic rings. The predicted octanol–water partition coefficient (Wildman–Crippen LogP) is 5.90. The van der Waals surface area contributed by atoms with E-state index < -0.39 is 22.2 Å². The second kappa shape index (κ2) is 8.75.